The van der Waals surface area contributed by atoms with Crippen molar-refractivity contribution >= 4 is 17.4 Å². The van der Waals surface area contributed by atoms with Gasteiger partial charge in [0.15, 0.2) is 0 Å². The van der Waals surface area contributed by atoms with Crippen molar-refractivity contribution in [2.45, 2.75) is 104 Å². The third-order valence-corrected chi connectivity index (χ3v) is 15.5. The fourth-order valence-electron chi connectivity index (χ4n) is 13.3. The molecule has 47 heavy (non-hydrogen) atoms. The summed E-state index contributed by atoms with van der Waals surface area (Å²) in [6, 6.07) is 7.44. The van der Waals surface area contributed by atoms with E-state index in [0.717, 1.165) is 44.1 Å². The number of nitrogens with one attached hydrogen (secondary N) is 1. The molecule has 1 aromatic rings. The number of fused-ring (bicyclic) bond motifs is 7. The molecular formula is C40H54F2N2O3. The van der Waals surface area contributed by atoms with Crippen molar-refractivity contribution in [3.8, 4) is 0 Å². The molecule has 0 aromatic heterocycles. The van der Waals surface area contributed by atoms with Crippen LogP contribution < -0.4 is 5.32 Å². The van der Waals surface area contributed by atoms with Crippen LogP contribution in [0.25, 0.3) is 5.57 Å². The largest absolute Gasteiger partial charge is 0.478 e. The molecule has 9 atom stereocenters. The third kappa shape index (κ3) is 4.75. The van der Waals surface area contributed by atoms with Gasteiger partial charge in [0.1, 0.15) is 0 Å². The number of carbonyl (C=O) groups is 2. The Morgan fingerprint density at radius 1 is 0.936 bits per heavy atom. The van der Waals surface area contributed by atoms with E-state index in [2.05, 4.69) is 58.7 Å². The summed E-state index contributed by atoms with van der Waals surface area (Å²) in [5.74, 6) is -1.40. The number of rotatable bonds is 6. The summed E-state index contributed by atoms with van der Waals surface area (Å²) < 4.78 is 27.0. The van der Waals surface area contributed by atoms with Gasteiger partial charge in [0.25, 0.3) is 5.92 Å². The highest BCUT2D eigenvalue weighted by Crippen LogP contribution is 2.76. The van der Waals surface area contributed by atoms with Crippen LogP contribution in [-0.4, -0.2) is 53.0 Å². The van der Waals surface area contributed by atoms with Crippen molar-refractivity contribution < 1.29 is 23.5 Å². The molecule has 1 aliphatic heterocycles. The zero-order chi connectivity index (χ0) is 33.8. The molecule has 6 aliphatic rings. The molecule has 1 aromatic carbocycles. The minimum absolute atomic E-state index is 0.0391. The van der Waals surface area contributed by atoms with Crippen molar-refractivity contribution in [1.82, 2.24) is 10.2 Å². The zero-order valence-corrected chi connectivity index (χ0v) is 29.0. The van der Waals surface area contributed by atoms with Gasteiger partial charge in [-0.1, -0.05) is 58.9 Å². The quantitative estimate of drug-likeness (QED) is 0.304. The number of amides is 1. The first-order valence-electron chi connectivity index (χ1n) is 18.1. The Morgan fingerprint density at radius 2 is 1.64 bits per heavy atom. The lowest BCUT2D eigenvalue weighted by atomic mass is 9.33. The molecule has 7 rings (SSSR count). The molecule has 1 saturated heterocycles. The highest BCUT2D eigenvalue weighted by atomic mass is 19.3. The van der Waals surface area contributed by atoms with Crippen LogP contribution in [-0.2, 0) is 4.79 Å². The number of allylic oxidation sites excluding steroid dienone is 3. The molecular weight excluding hydrogens is 594 g/mol. The highest BCUT2D eigenvalue weighted by molar-refractivity contribution is 5.88. The number of carboxylic acid groups (broad SMARTS) is 1. The van der Waals surface area contributed by atoms with E-state index in [1.165, 1.54) is 24.8 Å². The lowest BCUT2D eigenvalue weighted by Gasteiger charge is -2.72. The van der Waals surface area contributed by atoms with Crippen LogP contribution in [0, 0.1) is 51.2 Å². The molecule has 5 nitrogen and oxygen atoms in total. The van der Waals surface area contributed by atoms with Crippen LogP contribution in [0.5, 0.6) is 0 Å². The number of benzene rings is 1. The number of hydrogen-bond acceptors (Lipinski definition) is 3. The molecule has 0 radical (unpaired) electrons. The molecule has 256 valence electrons. The van der Waals surface area contributed by atoms with E-state index >= 15 is 0 Å². The molecule has 2 N–H and O–H groups in total. The van der Waals surface area contributed by atoms with Crippen LogP contribution in [0.4, 0.5) is 8.78 Å². The van der Waals surface area contributed by atoms with Gasteiger partial charge in [-0.05, 0) is 132 Å². The first kappa shape index (κ1) is 33.0. The van der Waals surface area contributed by atoms with Crippen molar-refractivity contribution in [2.75, 3.05) is 19.6 Å². The molecule has 0 bridgehead atoms. The highest BCUT2D eigenvalue weighted by Gasteiger charge is 2.70. The fraction of sp³-hybridized carbons (Fsp3) is 0.700. The lowest BCUT2D eigenvalue weighted by molar-refractivity contribution is -0.219. The van der Waals surface area contributed by atoms with Crippen LogP contribution in [0.1, 0.15) is 108 Å². The van der Waals surface area contributed by atoms with Gasteiger partial charge < -0.3 is 10.4 Å². The number of aromatic carboxylic acids is 1. The van der Waals surface area contributed by atoms with Crippen molar-refractivity contribution in [1.29, 1.82) is 0 Å². The number of carbonyl (C=O) groups excluding carboxylic acids is 1. The van der Waals surface area contributed by atoms with E-state index in [0.29, 0.717) is 35.2 Å². The fourth-order valence-corrected chi connectivity index (χ4v) is 13.3. The van der Waals surface area contributed by atoms with E-state index < -0.39 is 11.9 Å². The smallest absolute Gasteiger partial charge is 0.335 e. The second kappa shape index (κ2) is 10.7. The van der Waals surface area contributed by atoms with E-state index in [9.17, 15) is 23.5 Å². The molecule has 0 spiro atoms. The average Bonchev–Trinajstić information content (AvgIpc) is 3.34. The number of carboxylic acids is 1. The van der Waals surface area contributed by atoms with Gasteiger partial charge in [0.05, 0.1) is 25.2 Å². The van der Waals surface area contributed by atoms with Crippen molar-refractivity contribution in [3.63, 3.8) is 0 Å². The summed E-state index contributed by atoms with van der Waals surface area (Å²) >= 11 is 0. The van der Waals surface area contributed by atoms with Gasteiger partial charge in [0.2, 0.25) is 5.91 Å². The van der Waals surface area contributed by atoms with E-state index in [-0.39, 0.29) is 52.7 Å². The molecule has 5 aliphatic carbocycles. The number of hydrogen-bond donors (Lipinski definition) is 2. The Balaban J connectivity index is 1.16. The Morgan fingerprint density at radius 3 is 2.28 bits per heavy atom. The number of nitrogens with zero attached hydrogens (tertiary/aromatic N) is 1. The van der Waals surface area contributed by atoms with Gasteiger partial charge in [0, 0.05) is 5.54 Å². The standard InChI is InChI=1S/C40H54F2N2O3/c1-7-25-14-19-39(43-32(45)22-44-23-40(41,42)24-44)21-20-37(5)29(33(25)39)12-13-31-36(4)17-15-28(26-8-10-27(11-9-26)34(46)47)35(2,3)30(36)16-18-38(31,37)6/h7-11,15,25,29-31,33H,1,12-14,16-24H2,2-6H3,(H,43,45)(H,46,47). The van der Waals surface area contributed by atoms with Crippen LogP contribution in [0.2, 0.25) is 0 Å². The molecule has 1 heterocycles. The summed E-state index contributed by atoms with van der Waals surface area (Å²) in [5.41, 5.74) is 2.94. The predicted molar refractivity (Wildman–Crippen MR) is 181 cm³/mol. The first-order chi connectivity index (χ1) is 22.0. The molecule has 9 unspecified atom stereocenters. The van der Waals surface area contributed by atoms with Crippen LogP contribution in [0.3, 0.4) is 0 Å². The average molecular weight is 649 g/mol. The van der Waals surface area contributed by atoms with Gasteiger partial charge in [-0.25, -0.2) is 13.6 Å². The van der Waals surface area contributed by atoms with E-state index in [1.54, 1.807) is 17.0 Å². The minimum Gasteiger partial charge on any atom is -0.478 e. The Labute approximate surface area is 279 Å². The topological polar surface area (TPSA) is 69.6 Å². The Bertz CT molecular complexity index is 1490. The maximum atomic E-state index is 13.5. The van der Waals surface area contributed by atoms with Crippen molar-refractivity contribution in [3.05, 3.63) is 54.1 Å². The van der Waals surface area contributed by atoms with Gasteiger partial charge in [-0.3, -0.25) is 9.69 Å². The SMILES string of the molecule is C=CC1CCC2(NC(=O)CN3CC(F)(F)C3)CCC3(C)C(CCC4C5(C)CC=C(c6ccc(C(=O)O)cc6)C(C)(C)C5CCC43C)C12. The molecule has 1 amide bonds. The number of likely N-dealkylation sites (tertiary alicyclic amines) is 1. The monoisotopic (exact) mass is 648 g/mol. The van der Waals surface area contributed by atoms with Crippen LogP contribution in [0.15, 0.2) is 43.0 Å². The number of halogens is 2. The van der Waals surface area contributed by atoms with Gasteiger partial charge >= 0.3 is 5.97 Å². The summed E-state index contributed by atoms with van der Waals surface area (Å²) in [6.07, 6.45) is 14.3. The summed E-state index contributed by atoms with van der Waals surface area (Å²) in [7, 11) is 0. The van der Waals surface area contributed by atoms with E-state index in [4.69, 9.17) is 0 Å². The van der Waals surface area contributed by atoms with E-state index in [1.807, 2.05) is 12.1 Å². The second-order valence-corrected chi connectivity index (χ2v) is 17.8. The zero-order valence-electron chi connectivity index (χ0n) is 29.0. The normalized spacial score (nSPS) is 43.2. The summed E-state index contributed by atoms with van der Waals surface area (Å²) in [5, 5.41) is 12.9. The molecule has 7 heteroatoms. The second-order valence-electron chi connectivity index (χ2n) is 17.8. The molecule has 4 saturated carbocycles. The number of alkyl halides is 2. The lowest BCUT2D eigenvalue weighted by Crippen LogP contribution is -2.68. The van der Waals surface area contributed by atoms with Crippen LogP contribution >= 0.6 is 0 Å². The van der Waals surface area contributed by atoms with Crippen molar-refractivity contribution in [2.24, 2.45) is 51.2 Å². The Kier molecular flexibility index (Phi) is 7.53. The maximum Gasteiger partial charge on any atom is 0.335 e. The Hall–Kier alpha value is -2.54. The molecule has 5 fully saturated rings. The minimum atomic E-state index is -2.67. The third-order valence-electron chi connectivity index (χ3n) is 15.5. The summed E-state index contributed by atoms with van der Waals surface area (Å²) in [4.78, 5) is 26.4. The summed E-state index contributed by atoms with van der Waals surface area (Å²) in [6.45, 7) is 16.3. The van der Waals surface area contributed by atoms with Gasteiger partial charge in [-0.2, -0.15) is 0 Å². The maximum absolute atomic E-state index is 13.5. The van der Waals surface area contributed by atoms with Gasteiger partial charge in [-0.15, -0.1) is 6.58 Å². The predicted octanol–water partition coefficient (Wildman–Crippen LogP) is 8.47. The first-order valence-corrected chi connectivity index (χ1v) is 18.1.